The van der Waals surface area contributed by atoms with Crippen LogP contribution in [-0.2, 0) is 62.1 Å². The van der Waals surface area contributed by atoms with Gasteiger partial charge in [-0.1, -0.05) is 70.5 Å². The van der Waals surface area contributed by atoms with E-state index in [2.05, 4.69) is 46.8 Å². The van der Waals surface area contributed by atoms with Gasteiger partial charge in [0.05, 0.1) is 58.5 Å². The second kappa shape index (κ2) is 27.1. The third-order valence-electron chi connectivity index (χ3n) is 16.4. The van der Waals surface area contributed by atoms with E-state index in [0.717, 1.165) is 42.1 Å². The maximum Gasteiger partial charge on any atom is 0.355 e. The molecule has 9 N–H and O–H groups in total. The highest BCUT2D eigenvalue weighted by Crippen LogP contribution is 2.42. The van der Waals surface area contributed by atoms with Crippen molar-refractivity contribution >= 4 is 91.0 Å². The lowest BCUT2D eigenvalue weighted by molar-refractivity contribution is -0.192. The third-order valence-corrected chi connectivity index (χ3v) is 18.0. The smallest absolute Gasteiger partial charge is 0.355 e. The van der Waals surface area contributed by atoms with Crippen molar-refractivity contribution in [3.05, 3.63) is 142 Å². The zero-order valence-electron chi connectivity index (χ0n) is 50.1. The standard InChI is InChI=1S/C63H73N11O13S2/c1-7-9-26-64-60(80)67-42-17-13-19-44(30-42)89(82,83)72-43-18-12-16-38(29-43)48(32-51(75)76)70-61(81)66-40-22-24-41(25-23-40)68-62(88)65-36(5)54-57(86-54)73-27-14-21-49(73)55(84-6)71-52(35(3)4)58(78)87-63(8-2)46-31-50-53-39(28-37-15-10-11-20-47(37)69-53)33-74(50)56(77)45(46)34-85-59(63)79/h10-13,15-20,22-25,28-31,35-36,48-49,52,54-55,57,71-72H,7-9,14,21,26-27,32-34H2,1-6H3,(H,75,76)(H2,64,67,80)(H2,65,68,88)(H2,66,70,81)/t36-,48?,49-,52-,54?,55?,57?,63-/m0/s1. The number of aromatic nitrogens is 2. The summed E-state index contributed by atoms with van der Waals surface area (Å²) in [4.78, 5) is 87.5. The molecule has 10 rings (SSSR count). The number of cyclic esters (lactones) is 1. The maximum atomic E-state index is 14.6. The van der Waals surface area contributed by atoms with Gasteiger partial charge in [-0.05, 0) is 129 Å². The van der Waals surface area contributed by atoms with Crippen LogP contribution < -0.4 is 47.5 Å². The normalized spacial score (nSPS) is 19.7. The van der Waals surface area contributed by atoms with Crippen LogP contribution >= 0.6 is 12.2 Å². The first kappa shape index (κ1) is 63.5. The molecule has 0 spiro atoms. The fraction of sp³-hybridized carbons (Fsp3) is 0.397. The summed E-state index contributed by atoms with van der Waals surface area (Å²) in [5, 5.41) is 31.7. The van der Waals surface area contributed by atoms with Gasteiger partial charge in [-0.3, -0.25) is 29.3 Å². The van der Waals surface area contributed by atoms with Crippen molar-refractivity contribution in [2.24, 2.45) is 5.92 Å². The van der Waals surface area contributed by atoms with Crippen LogP contribution in [0.25, 0.3) is 22.3 Å². The minimum absolute atomic E-state index is 0.00981. The van der Waals surface area contributed by atoms with E-state index in [0.29, 0.717) is 58.6 Å². The number of hydrogen-bond donors (Lipinski definition) is 9. The molecular formula is C63H73N11O13S2. The molecule has 89 heavy (non-hydrogen) atoms. The summed E-state index contributed by atoms with van der Waals surface area (Å²) < 4.78 is 55.4. The lowest BCUT2D eigenvalue weighted by Crippen LogP contribution is -2.58. The number of pyridine rings is 2. The molecule has 0 radical (unpaired) electrons. The number of hydrogen-bond acceptors (Lipinski definition) is 16. The lowest BCUT2D eigenvalue weighted by Gasteiger charge is -2.38. The van der Waals surface area contributed by atoms with E-state index in [-0.39, 0.29) is 70.8 Å². The van der Waals surface area contributed by atoms with Gasteiger partial charge in [0, 0.05) is 59.5 Å². The molecule has 4 aliphatic heterocycles. The van der Waals surface area contributed by atoms with Crippen molar-refractivity contribution in [3.63, 3.8) is 0 Å². The summed E-state index contributed by atoms with van der Waals surface area (Å²) in [7, 11) is -2.61. The molecule has 4 unspecified atom stereocenters. The Morgan fingerprint density at radius 2 is 1.60 bits per heavy atom. The van der Waals surface area contributed by atoms with Gasteiger partial charge in [0.1, 0.15) is 31.2 Å². The van der Waals surface area contributed by atoms with Crippen molar-refractivity contribution < 1.29 is 56.4 Å². The minimum Gasteiger partial charge on any atom is -0.481 e. The van der Waals surface area contributed by atoms with Crippen LogP contribution in [0.2, 0.25) is 0 Å². The number of epoxide rings is 1. The molecule has 4 aromatic carbocycles. The zero-order chi connectivity index (χ0) is 63.3. The summed E-state index contributed by atoms with van der Waals surface area (Å²) in [6, 6.07) is 26.2. The number of likely N-dealkylation sites (tertiary alicyclic amines) is 1. The Balaban J connectivity index is 0.719. The second-order valence-electron chi connectivity index (χ2n) is 22.9. The zero-order valence-corrected chi connectivity index (χ0v) is 51.7. The van der Waals surface area contributed by atoms with Gasteiger partial charge >= 0.3 is 30.0 Å². The van der Waals surface area contributed by atoms with Crippen LogP contribution in [0.4, 0.5) is 32.3 Å². The number of carbonyl (C=O) groups is 5. The van der Waals surface area contributed by atoms with E-state index in [4.69, 9.17) is 36.1 Å². The van der Waals surface area contributed by atoms with Crippen LogP contribution in [0.15, 0.2) is 119 Å². The van der Waals surface area contributed by atoms with Gasteiger partial charge in [0.2, 0.25) is 5.60 Å². The predicted octanol–water partition coefficient (Wildman–Crippen LogP) is 7.84. The molecular weight excluding hydrogens is 1180 g/mol. The van der Waals surface area contributed by atoms with Crippen molar-refractivity contribution in [2.45, 2.75) is 140 Å². The van der Waals surface area contributed by atoms with Crippen molar-refractivity contribution in [1.29, 1.82) is 0 Å². The fourth-order valence-corrected chi connectivity index (χ4v) is 13.1. The van der Waals surface area contributed by atoms with Crippen LogP contribution in [0, 0.1) is 5.92 Å². The van der Waals surface area contributed by atoms with E-state index in [9.17, 15) is 42.3 Å². The molecule has 2 saturated heterocycles. The minimum atomic E-state index is -4.17. The summed E-state index contributed by atoms with van der Waals surface area (Å²) >= 11 is 5.71. The first-order valence-electron chi connectivity index (χ1n) is 29.7. The molecule has 2 aromatic heterocycles. The number of amides is 4. The van der Waals surface area contributed by atoms with Crippen molar-refractivity contribution in [3.8, 4) is 11.4 Å². The number of urea groups is 2. The molecule has 0 bridgehead atoms. The number of thiocarbonyl (C=S) groups is 1. The first-order chi connectivity index (χ1) is 42.7. The summed E-state index contributed by atoms with van der Waals surface area (Å²) in [5.41, 5.74) is 2.78. The van der Waals surface area contributed by atoms with Crippen molar-refractivity contribution in [2.75, 3.05) is 40.9 Å². The van der Waals surface area contributed by atoms with Crippen LogP contribution in [0.1, 0.15) is 101 Å². The number of unbranched alkanes of at least 4 members (excludes halogenated alkanes) is 1. The largest absolute Gasteiger partial charge is 0.481 e. The topological polar surface area (TPSA) is 314 Å². The highest BCUT2D eigenvalue weighted by atomic mass is 32.2. The van der Waals surface area contributed by atoms with Crippen LogP contribution in [0.3, 0.4) is 0 Å². The summed E-state index contributed by atoms with van der Waals surface area (Å²) in [6.07, 6.45) is 1.51. The molecule has 6 aromatic rings. The Labute approximate surface area is 520 Å². The number of carbonyl (C=O) groups excluding carboxylic acids is 4. The second-order valence-corrected chi connectivity index (χ2v) is 25.0. The molecule has 470 valence electrons. The van der Waals surface area contributed by atoms with Crippen LogP contribution in [0.5, 0.6) is 0 Å². The molecule has 4 amide bonds. The number of rotatable bonds is 24. The van der Waals surface area contributed by atoms with Gasteiger partial charge in [-0.2, -0.15) is 0 Å². The Kier molecular flexibility index (Phi) is 19.3. The number of fused-ring (bicyclic) bond motifs is 5. The number of nitrogens with zero attached hydrogens (tertiary/aromatic N) is 3. The molecule has 4 aliphatic rings. The number of para-hydroxylation sites is 1. The van der Waals surface area contributed by atoms with Gasteiger partial charge < -0.3 is 60.5 Å². The Morgan fingerprint density at radius 3 is 2.33 bits per heavy atom. The first-order valence-corrected chi connectivity index (χ1v) is 31.6. The number of esters is 2. The van der Waals surface area contributed by atoms with Gasteiger partial charge in [0.25, 0.3) is 15.6 Å². The Morgan fingerprint density at radius 1 is 0.865 bits per heavy atom. The highest BCUT2D eigenvalue weighted by Gasteiger charge is 2.54. The number of benzene rings is 4. The molecule has 26 heteroatoms. The number of anilines is 4. The third kappa shape index (κ3) is 14.2. The monoisotopic (exact) mass is 1260 g/mol. The Hall–Kier alpha value is -8.53. The van der Waals surface area contributed by atoms with Crippen LogP contribution in [-0.4, -0.2) is 120 Å². The number of aliphatic carboxylic acids is 1. The molecule has 24 nitrogen and oxygen atoms in total. The average Bonchev–Trinajstić information content (AvgIpc) is 1.71. The number of sulfonamides is 1. The van der Waals surface area contributed by atoms with Gasteiger partial charge in [0.15, 0.2) is 5.11 Å². The number of carboxylic acid groups (broad SMARTS) is 1. The van der Waals surface area contributed by atoms with Gasteiger partial charge in [-0.25, -0.2) is 27.8 Å². The molecule has 0 saturated carbocycles. The number of methoxy groups -OCH3 is 1. The van der Waals surface area contributed by atoms with Crippen molar-refractivity contribution in [1.82, 2.24) is 35.7 Å². The summed E-state index contributed by atoms with van der Waals surface area (Å²) in [5.74, 6) is -2.99. The highest BCUT2D eigenvalue weighted by molar-refractivity contribution is 7.92. The fourth-order valence-electron chi connectivity index (χ4n) is 11.7. The lowest BCUT2D eigenvalue weighted by atomic mass is 9.85. The SMILES string of the molecule is CCCCNC(=O)Nc1cccc(S(=O)(=O)Nc2cccc(C(CC(=O)O)NC(=O)Nc3ccc(NC(=S)N[C@@H](C)C4OC4N4CCC[C@H]4C(N[C@H](C(=O)O[C@]4(CC)C(=O)OCc5c4cc4n(c5=O)Cc5cc6ccccc6nc5-4)C(C)C)OC)cc3)c2)c1. The number of nitrogens with one attached hydrogen (secondary N) is 8. The van der Waals surface area contributed by atoms with E-state index in [1.165, 1.54) is 36.4 Å². The molecule has 6 heterocycles. The number of ether oxygens (including phenoxy) is 4. The molecule has 8 atom stereocenters. The predicted molar refractivity (Wildman–Crippen MR) is 337 cm³/mol. The molecule has 2 fully saturated rings. The van der Waals surface area contributed by atoms with E-state index >= 15 is 0 Å². The summed E-state index contributed by atoms with van der Waals surface area (Å²) in [6.45, 7) is 10.6. The molecule has 0 aliphatic carbocycles. The number of carboxylic acids is 1. The Bertz CT molecular complexity index is 3870. The van der Waals surface area contributed by atoms with E-state index < -0.39 is 70.3 Å². The maximum absolute atomic E-state index is 14.6. The quantitative estimate of drug-likeness (QED) is 0.00914. The average molecular weight is 1260 g/mol. The van der Waals surface area contributed by atoms with E-state index in [1.54, 1.807) is 61.1 Å². The van der Waals surface area contributed by atoms with E-state index in [1.807, 2.05) is 58.0 Å². The van der Waals surface area contributed by atoms with Gasteiger partial charge in [-0.15, -0.1) is 0 Å².